The number of likely N-dealkylation sites (N-methyl/N-ethyl adjacent to an activating group) is 1. The minimum Gasteiger partial charge on any atom is -0.508 e. The summed E-state index contributed by atoms with van der Waals surface area (Å²) in [7, 11) is 3.27. The molecule has 0 aliphatic carbocycles. The van der Waals surface area contributed by atoms with Gasteiger partial charge in [0.15, 0.2) is 0 Å². The van der Waals surface area contributed by atoms with Crippen molar-refractivity contribution in [1.82, 2.24) is 35.1 Å². The number of nitrogens with one attached hydrogen (secondary N) is 2. The van der Waals surface area contributed by atoms with Crippen LogP contribution in [-0.2, 0) is 59.4 Å². The lowest BCUT2D eigenvalue weighted by molar-refractivity contribution is -0.148. The summed E-state index contributed by atoms with van der Waals surface area (Å²) in [6.07, 6.45) is 7.25. The van der Waals surface area contributed by atoms with Crippen LogP contribution in [0.4, 0.5) is 0 Å². The molecule has 2 fully saturated rings. The number of ether oxygens (including phenoxy) is 2. The number of phenols is 1. The van der Waals surface area contributed by atoms with Crippen LogP contribution in [0.2, 0.25) is 0 Å². The molecule has 15 nitrogen and oxygen atoms in total. The first-order valence-corrected chi connectivity index (χ1v) is 22.4. The predicted molar refractivity (Wildman–Crippen MR) is 243 cm³/mol. The monoisotopic (exact) mass is 877 g/mol. The van der Waals surface area contributed by atoms with Gasteiger partial charge in [0.2, 0.25) is 18.2 Å². The fourth-order valence-corrected chi connectivity index (χ4v) is 9.97. The number of carbonyl (C=O) groups excluding carboxylic acids is 5. The smallest absolute Gasteiger partial charge is 0.259 e. The Bertz CT molecular complexity index is 2400. The third-order valence-corrected chi connectivity index (χ3v) is 13.1. The van der Waals surface area contributed by atoms with Crippen molar-refractivity contribution < 1.29 is 38.6 Å². The number of likely N-dealkylation sites (tertiary alicyclic amines) is 1. The van der Waals surface area contributed by atoms with E-state index in [4.69, 9.17) is 9.47 Å². The maximum absolute atomic E-state index is 14.8. The third kappa shape index (κ3) is 9.57. The van der Waals surface area contributed by atoms with Crippen LogP contribution in [0.3, 0.4) is 0 Å². The fraction of sp³-hybridized carbons (Fsp3) is 0.510. The van der Waals surface area contributed by atoms with Gasteiger partial charge in [0.1, 0.15) is 29.7 Å². The molecule has 2 saturated heterocycles. The second-order valence-corrected chi connectivity index (χ2v) is 19.0. The summed E-state index contributed by atoms with van der Waals surface area (Å²) >= 11 is 0. The van der Waals surface area contributed by atoms with Crippen LogP contribution >= 0.6 is 0 Å². The number of hydrogen-bond donors (Lipinski definition) is 3. The van der Waals surface area contributed by atoms with Gasteiger partial charge in [-0.25, -0.2) is 5.43 Å². The highest BCUT2D eigenvalue weighted by atomic mass is 16.5. The predicted octanol–water partition coefficient (Wildman–Crippen LogP) is 4.89. The second-order valence-electron chi connectivity index (χ2n) is 19.0. The molecular weight excluding hydrogens is 815 g/mol. The Balaban J connectivity index is 1.33. The van der Waals surface area contributed by atoms with Crippen LogP contribution in [0.25, 0.3) is 33.3 Å². The third-order valence-electron chi connectivity index (χ3n) is 13.1. The largest absolute Gasteiger partial charge is 0.508 e. The number of carbonyl (C=O) groups is 5. The Morgan fingerprint density at radius 3 is 2.61 bits per heavy atom. The number of hydrogen-bond acceptors (Lipinski definition) is 10. The molecular formula is C49H63N7O8. The van der Waals surface area contributed by atoms with Crippen molar-refractivity contribution in [2.75, 3.05) is 47.0 Å². The van der Waals surface area contributed by atoms with Crippen molar-refractivity contribution in [3.05, 3.63) is 71.5 Å². The van der Waals surface area contributed by atoms with E-state index in [-0.39, 0.29) is 43.7 Å². The van der Waals surface area contributed by atoms with Gasteiger partial charge in [-0.3, -0.25) is 29.2 Å². The van der Waals surface area contributed by atoms with E-state index in [9.17, 15) is 29.1 Å². The van der Waals surface area contributed by atoms with Crippen molar-refractivity contribution in [2.24, 2.45) is 17.3 Å². The maximum Gasteiger partial charge on any atom is 0.259 e. The molecule has 2 aromatic heterocycles. The molecule has 3 aliphatic heterocycles. The zero-order valence-corrected chi connectivity index (χ0v) is 38.2. The van der Waals surface area contributed by atoms with Gasteiger partial charge < -0.3 is 39.1 Å². The van der Waals surface area contributed by atoms with E-state index in [1.54, 1.807) is 37.4 Å². The molecule has 0 spiro atoms. The number of aldehydes is 1. The van der Waals surface area contributed by atoms with Crippen LogP contribution in [0.1, 0.15) is 70.6 Å². The summed E-state index contributed by atoms with van der Waals surface area (Å²) in [6.45, 7) is 12.5. The minimum atomic E-state index is -1.21. The van der Waals surface area contributed by atoms with Crippen molar-refractivity contribution in [1.29, 1.82) is 0 Å². The van der Waals surface area contributed by atoms with Crippen molar-refractivity contribution in [2.45, 2.75) is 97.5 Å². The summed E-state index contributed by atoms with van der Waals surface area (Å²) in [5, 5.41) is 16.8. The summed E-state index contributed by atoms with van der Waals surface area (Å²) in [5.41, 5.74) is 8.89. The molecule has 0 radical (unpaired) electrons. The van der Waals surface area contributed by atoms with Crippen molar-refractivity contribution >= 4 is 41.3 Å². The zero-order chi connectivity index (χ0) is 45.9. The lowest BCUT2D eigenvalue weighted by atomic mass is 9.84. The lowest BCUT2D eigenvalue weighted by Crippen LogP contribution is -2.66. The zero-order valence-electron chi connectivity index (χ0n) is 38.2. The van der Waals surface area contributed by atoms with Crippen LogP contribution in [0.15, 0.2) is 54.9 Å². The van der Waals surface area contributed by atoms with E-state index in [1.807, 2.05) is 38.2 Å². The Hall–Kier alpha value is -5.64. The number of amides is 4. The quantitative estimate of drug-likeness (QED) is 0.176. The first kappa shape index (κ1) is 46.4. The normalized spacial score (nSPS) is 22.0. The highest BCUT2D eigenvalue weighted by molar-refractivity contribution is 5.96. The minimum absolute atomic E-state index is 0.00450. The van der Waals surface area contributed by atoms with Crippen molar-refractivity contribution in [3.63, 3.8) is 0 Å². The molecule has 342 valence electrons. The molecule has 6 bridgehead atoms. The fourth-order valence-electron chi connectivity index (χ4n) is 9.97. The summed E-state index contributed by atoms with van der Waals surface area (Å²) < 4.78 is 14.4. The van der Waals surface area contributed by atoms with E-state index < -0.39 is 40.8 Å². The molecule has 4 amide bonds. The Kier molecular flexibility index (Phi) is 13.9. The molecule has 0 saturated carbocycles. The Morgan fingerprint density at radius 1 is 1.11 bits per heavy atom. The average molecular weight is 878 g/mol. The number of methoxy groups -OCH3 is 1. The summed E-state index contributed by atoms with van der Waals surface area (Å²) in [6, 6.07) is 11.4. The van der Waals surface area contributed by atoms with E-state index in [1.165, 1.54) is 9.91 Å². The molecule has 64 heavy (non-hydrogen) atoms. The summed E-state index contributed by atoms with van der Waals surface area (Å²) in [5.74, 6) is -2.02. The molecule has 4 aromatic rings. The number of nitrogens with zero attached hydrogens (tertiary/aromatic N) is 5. The highest BCUT2D eigenvalue weighted by Gasteiger charge is 2.42. The first-order chi connectivity index (χ1) is 30.6. The molecule has 15 heteroatoms. The van der Waals surface area contributed by atoms with E-state index in [0.717, 1.165) is 57.1 Å². The van der Waals surface area contributed by atoms with Gasteiger partial charge in [0.05, 0.1) is 31.4 Å². The number of benzene rings is 2. The lowest BCUT2D eigenvalue weighted by Gasteiger charge is -2.42. The van der Waals surface area contributed by atoms with E-state index in [0.29, 0.717) is 57.6 Å². The van der Waals surface area contributed by atoms with Gasteiger partial charge in [0.25, 0.3) is 5.91 Å². The van der Waals surface area contributed by atoms with Crippen LogP contribution < -0.4 is 10.7 Å². The molecule has 4 atom stereocenters. The van der Waals surface area contributed by atoms with Crippen LogP contribution in [-0.4, -0.2) is 125 Å². The molecule has 5 heterocycles. The van der Waals surface area contributed by atoms with Gasteiger partial charge >= 0.3 is 0 Å². The number of aryl methyl sites for hydroxylation is 1. The second kappa shape index (κ2) is 19.2. The number of rotatable bonds is 11. The molecule has 3 aliphatic rings. The number of aromatic nitrogens is 2. The maximum atomic E-state index is 14.8. The first-order valence-electron chi connectivity index (χ1n) is 22.4. The molecule has 2 aromatic carbocycles. The molecule has 1 unspecified atom stereocenters. The average Bonchev–Trinajstić information content (AvgIpc) is 3.87. The topological polar surface area (TPSA) is 176 Å². The van der Waals surface area contributed by atoms with Crippen molar-refractivity contribution in [3.8, 4) is 28.1 Å². The van der Waals surface area contributed by atoms with Crippen LogP contribution in [0.5, 0.6) is 5.75 Å². The Morgan fingerprint density at radius 2 is 1.91 bits per heavy atom. The molecule has 3 N–H and O–H groups in total. The van der Waals surface area contributed by atoms with Crippen LogP contribution in [0, 0.1) is 17.3 Å². The molecule has 7 rings (SSSR count). The number of hydrazine groups is 1. The van der Waals surface area contributed by atoms with Gasteiger partial charge in [-0.15, -0.1) is 0 Å². The number of phenolic OH excluding ortho intramolecular Hbond substituents is 1. The van der Waals surface area contributed by atoms with Gasteiger partial charge in [0, 0.05) is 75.6 Å². The SMILES string of the molecule is CCn1c(-c2cnccc2COC)c2c3cc(ccc31)-c1cc(O)cc(c1)C[C@H](NC(=O)[C@H](C(C)C)N(C)C(=O)[C@H]1CCN(C=O)C1)C(=O)N1CCCC(C=O)(COCC(C)(C)C2)N1. The van der Waals surface area contributed by atoms with E-state index in [2.05, 4.69) is 53.2 Å². The number of fused-ring (bicyclic) bond motifs is 6. The standard InChI is InChI=1S/C49H63N7O8/c1-8-55-42-11-10-33-22-38(42)39(44(55)40-24-50-15-12-35(40)26-63-7)23-48(4,5)28-64-29-49(27-57)14-9-16-56(52-49)47(62)41(20-32-18-36(33)21-37(59)19-32)51-45(60)43(31(2)3)53(6)46(61)34-13-17-54(25-34)30-58/h10-12,15,18-19,21-22,24,27,30-31,34,41,43,52,59H,8-9,13-14,16-17,20,23,25-26,28-29H2,1-7H3,(H,51,60)/t34-,41-,43-,49?/m0/s1. The van der Waals surface area contributed by atoms with Gasteiger partial charge in [-0.05, 0) is 102 Å². The summed E-state index contributed by atoms with van der Waals surface area (Å²) in [4.78, 5) is 75.0. The van der Waals surface area contributed by atoms with Gasteiger partial charge in [-0.2, -0.15) is 0 Å². The Labute approximate surface area is 375 Å². The van der Waals surface area contributed by atoms with E-state index >= 15 is 0 Å². The van der Waals surface area contributed by atoms with Gasteiger partial charge in [-0.1, -0.05) is 39.8 Å². The highest BCUT2D eigenvalue weighted by Crippen LogP contribution is 2.41. The number of aromatic hydroxyl groups is 1. The number of pyridine rings is 1.